The van der Waals surface area contributed by atoms with Crippen molar-refractivity contribution in [1.29, 1.82) is 0 Å². The Morgan fingerprint density at radius 1 is 1.28 bits per heavy atom. The van der Waals surface area contributed by atoms with Crippen LogP contribution in [0.1, 0.15) is 15.9 Å². The van der Waals surface area contributed by atoms with Crippen molar-refractivity contribution in [3.05, 3.63) is 58.1 Å². The Hall–Kier alpha value is -2.87. The quantitative estimate of drug-likeness (QED) is 0.505. The van der Waals surface area contributed by atoms with E-state index in [4.69, 9.17) is 4.74 Å². The molecule has 2 aromatic rings. The highest BCUT2D eigenvalue weighted by molar-refractivity contribution is 9.10. The summed E-state index contributed by atoms with van der Waals surface area (Å²) in [6.07, 6.45) is 1.40. The van der Waals surface area contributed by atoms with Gasteiger partial charge in [0, 0.05) is 10.0 Å². The van der Waals surface area contributed by atoms with E-state index in [0.29, 0.717) is 16.9 Å². The van der Waals surface area contributed by atoms with Gasteiger partial charge in [-0.05, 0) is 42.0 Å². The molecule has 2 aromatic carbocycles. The van der Waals surface area contributed by atoms with Crippen molar-refractivity contribution in [1.82, 2.24) is 10.7 Å². The van der Waals surface area contributed by atoms with Crippen molar-refractivity contribution in [3.8, 4) is 11.5 Å². The molecule has 0 aromatic heterocycles. The van der Waals surface area contributed by atoms with Crippen LogP contribution in [-0.2, 0) is 4.79 Å². The SMILES string of the molecule is COc1cc(C=NNC(=O)CNC(=O)c2cccc(Br)c2)ccc1O. The van der Waals surface area contributed by atoms with E-state index in [9.17, 15) is 14.7 Å². The number of ether oxygens (including phenoxy) is 1. The smallest absolute Gasteiger partial charge is 0.259 e. The zero-order valence-electron chi connectivity index (χ0n) is 13.3. The Kier molecular flexibility index (Phi) is 6.53. The Morgan fingerprint density at radius 3 is 2.80 bits per heavy atom. The van der Waals surface area contributed by atoms with E-state index in [1.807, 2.05) is 0 Å². The fraction of sp³-hybridized carbons (Fsp3) is 0.118. The summed E-state index contributed by atoms with van der Waals surface area (Å²) >= 11 is 3.28. The summed E-state index contributed by atoms with van der Waals surface area (Å²) in [5, 5.41) is 15.8. The predicted molar refractivity (Wildman–Crippen MR) is 96.9 cm³/mol. The molecule has 0 unspecified atom stereocenters. The summed E-state index contributed by atoms with van der Waals surface area (Å²) in [7, 11) is 1.44. The van der Waals surface area contributed by atoms with Crippen molar-refractivity contribution in [3.63, 3.8) is 0 Å². The van der Waals surface area contributed by atoms with Crippen LogP contribution in [0.25, 0.3) is 0 Å². The van der Waals surface area contributed by atoms with Crippen molar-refractivity contribution < 1.29 is 19.4 Å². The molecule has 2 amide bonds. The molecule has 0 heterocycles. The summed E-state index contributed by atoms with van der Waals surface area (Å²) in [5.41, 5.74) is 3.38. The number of phenolic OH excluding ortho intramolecular Hbond substituents is 1. The van der Waals surface area contributed by atoms with Gasteiger partial charge in [0.2, 0.25) is 0 Å². The van der Waals surface area contributed by atoms with Crippen LogP contribution < -0.4 is 15.5 Å². The fourth-order valence-corrected chi connectivity index (χ4v) is 2.28. The number of carbonyl (C=O) groups excluding carboxylic acids is 2. The van der Waals surface area contributed by atoms with Crippen LogP contribution >= 0.6 is 15.9 Å². The number of methoxy groups -OCH3 is 1. The third kappa shape index (κ3) is 5.61. The van der Waals surface area contributed by atoms with E-state index >= 15 is 0 Å². The minimum Gasteiger partial charge on any atom is -0.504 e. The van der Waals surface area contributed by atoms with E-state index in [0.717, 1.165) is 4.47 Å². The first kappa shape index (κ1) is 18.5. The molecular formula is C17H16BrN3O4. The van der Waals surface area contributed by atoms with Crippen LogP contribution in [0.4, 0.5) is 0 Å². The average molecular weight is 406 g/mol. The summed E-state index contributed by atoms with van der Waals surface area (Å²) < 4.78 is 5.75. The monoisotopic (exact) mass is 405 g/mol. The van der Waals surface area contributed by atoms with Gasteiger partial charge in [-0.15, -0.1) is 0 Å². The summed E-state index contributed by atoms with van der Waals surface area (Å²) in [6, 6.07) is 11.5. The van der Waals surface area contributed by atoms with Crippen LogP contribution in [0.2, 0.25) is 0 Å². The molecular weight excluding hydrogens is 390 g/mol. The Bertz CT molecular complexity index is 808. The molecule has 0 spiro atoms. The van der Waals surface area contributed by atoms with E-state index in [1.165, 1.54) is 19.4 Å². The first-order valence-electron chi connectivity index (χ1n) is 7.22. The molecule has 0 radical (unpaired) electrons. The molecule has 0 saturated carbocycles. The van der Waals surface area contributed by atoms with Crippen molar-refractivity contribution in [2.24, 2.45) is 5.10 Å². The molecule has 7 nitrogen and oxygen atoms in total. The van der Waals surface area contributed by atoms with Crippen LogP contribution in [0.3, 0.4) is 0 Å². The van der Waals surface area contributed by atoms with Crippen molar-refractivity contribution in [2.75, 3.05) is 13.7 Å². The molecule has 0 saturated heterocycles. The lowest BCUT2D eigenvalue weighted by atomic mass is 10.2. The number of hydrogen-bond donors (Lipinski definition) is 3. The Labute approximate surface area is 152 Å². The fourth-order valence-electron chi connectivity index (χ4n) is 1.89. The molecule has 0 aliphatic heterocycles. The number of nitrogens with zero attached hydrogens (tertiary/aromatic N) is 1. The zero-order valence-corrected chi connectivity index (χ0v) is 14.9. The first-order chi connectivity index (χ1) is 12.0. The van der Waals surface area contributed by atoms with Gasteiger partial charge in [0.15, 0.2) is 11.5 Å². The molecule has 0 atom stereocenters. The molecule has 3 N–H and O–H groups in total. The third-order valence-electron chi connectivity index (χ3n) is 3.10. The van der Waals surface area contributed by atoms with Crippen LogP contribution in [0.15, 0.2) is 52.0 Å². The molecule has 0 fully saturated rings. The molecule has 8 heteroatoms. The topological polar surface area (TPSA) is 100 Å². The van der Waals surface area contributed by atoms with Gasteiger partial charge in [0.1, 0.15) is 0 Å². The minimum absolute atomic E-state index is 0.0129. The summed E-state index contributed by atoms with van der Waals surface area (Å²) in [4.78, 5) is 23.6. The standard InChI is InChI=1S/C17H16BrN3O4/c1-25-15-7-11(5-6-14(15)22)9-20-21-16(23)10-19-17(24)12-3-2-4-13(18)8-12/h2-9,22H,10H2,1H3,(H,19,24)(H,21,23). The number of phenols is 1. The van der Waals surface area contributed by atoms with E-state index < -0.39 is 5.91 Å². The van der Waals surface area contributed by atoms with Gasteiger partial charge < -0.3 is 15.2 Å². The number of benzene rings is 2. The lowest BCUT2D eigenvalue weighted by molar-refractivity contribution is -0.120. The second-order valence-electron chi connectivity index (χ2n) is 4.92. The lowest BCUT2D eigenvalue weighted by Crippen LogP contribution is -2.34. The lowest BCUT2D eigenvalue weighted by Gasteiger charge is -2.05. The Balaban J connectivity index is 1.83. The number of rotatable bonds is 6. The molecule has 130 valence electrons. The number of aromatic hydroxyl groups is 1. The second kappa shape index (κ2) is 8.84. The molecule has 0 bridgehead atoms. The highest BCUT2D eigenvalue weighted by Crippen LogP contribution is 2.25. The Morgan fingerprint density at radius 2 is 2.08 bits per heavy atom. The van der Waals surface area contributed by atoms with Gasteiger partial charge in [-0.2, -0.15) is 5.10 Å². The van der Waals surface area contributed by atoms with Gasteiger partial charge in [0.25, 0.3) is 11.8 Å². The number of hydrogen-bond acceptors (Lipinski definition) is 5. The summed E-state index contributed by atoms with van der Waals surface area (Å²) in [6.45, 7) is -0.207. The molecule has 0 aliphatic rings. The largest absolute Gasteiger partial charge is 0.504 e. The van der Waals surface area contributed by atoms with Gasteiger partial charge in [-0.3, -0.25) is 9.59 Å². The van der Waals surface area contributed by atoms with E-state index in [-0.39, 0.29) is 18.2 Å². The predicted octanol–water partition coefficient (Wildman–Crippen LogP) is 2.04. The highest BCUT2D eigenvalue weighted by atomic mass is 79.9. The van der Waals surface area contributed by atoms with Crippen molar-refractivity contribution in [2.45, 2.75) is 0 Å². The van der Waals surface area contributed by atoms with Crippen molar-refractivity contribution >= 4 is 34.0 Å². The number of amides is 2. The van der Waals surface area contributed by atoms with Crippen LogP contribution in [0.5, 0.6) is 11.5 Å². The molecule has 2 rings (SSSR count). The molecule has 0 aliphatic carbocycles. The van der Waals surface area contributed by atoms with Gasteiger partial charge in [-0.25, -0.2) is 5.43 Å². The van der Waals surface area contributed by atoms with E-state index in [2.05, 4.69) is 31.8 Å². The second-order valence-corrected chi connectivity index (χ2v) is 5.83. The number of halogens is 1. The highest BCUT2D eigenvalue weighted by Gasteiger charge is 2.07. The number of carbonyl (C=O) groups is 2. The maximum atomic E-state index is 11.9. The van der Waals surface area contributed by atoms with Gasteiger partial charge in [-0.1, -0.05) is 22.0 Å². The van der Waals surface area contributed by atoms with Gasteiger partial charge >= 0.3 is 0 Å². The average Bonchev–Trinajstić information content (AvgIpc) is 2.61. The van der Waals surface area contributed by atoms with Crippen LogP contribution in [0, 0.1) is 0 Å². The third-order valence-corrected chi connectivity index (χ3v) is 3.60. The van der Waals surface area contributed by atoms with Crippen LogP contribution in [-0.4, -0.2) is 36.8 Å². The maximum Gasteiger partial charge on any atom is 0.259 e. The van der Waals surface area contributed by atoms with Gasteiger partial charge in [0.05, 0.1) is 19.9 Å². The normalized spacial score (nSPS) is 10.5. The van der Waals surface area contributed by atoms with E-state index in [1.54, 1.807) is 36.4 Å². The number of nitrogens with one attached hydrogen (secondary N) is 2. The minimum atomic E-state index is -0.467. The number of hydrazone groups is 1. The summed E-state index contributed by atoms with van der Waals surface area (Å²) in [5.74, 6) is -0.510. The first-order valence-corrected chi connectivity index (χ1v) is 8.01. The zero-order chi connectivity index (χ0) is 18.2. The molecule has 25 heavy (non-hydrogen) atoms. The maximum absolute atomic E-state index is 11.9.